The molecule has 0 aromatic rings. The van der Waals surface area contributed by atoms with E-state index in [1.165, 1.54) is 25.7 Å². The average molecular weight is 286 g/mol. The molecule has 1 saturated heterocycles. The van der Waals surface area contributed by atoms with Gasteiger partial charge in [-0.2, -0.15) is 11.8 Å². The van der Waals surface area contributed by atoms with Crippen molar-refractivity contribution in [2.45, 2.75) is 57.0 Å². The van der Waals surface area contributed by atoms with Gasteiger partial charge in [-0.1, -0.05) is 25.7 Å². The van der Waals surface area contributed by atoms with Crippen LogP contribution < -0.4 is 5.32 Å². The van der Waals surface area contributed by atoms with Gasteiger partial charge in [0.05, 0.1) is 0 Å². The maximum Gasteiger partial charge on any atom is 0.251 e. The van der Waals surface area contributed by atoms with Gasteiger partial charge < -0.3 is 5.32 Å². The van der Waals surface area contributed by atoms with Gasteiger partial charge in [0.1, 0.15) is 6.04 Å². The van der Waals surface area contributed by atoms with Crippen molar-refractivity contribution in [1.82, 2.24) is 10.2 Å². The van der Waals surface area contributed by atoms with Gasteiger partial charge in [0.15, 0.2) is 5.11 Å². The molecule has 0 aromatic heterocycles. The van der Waals surface area contributed by atoms with Crippen molar-refractivity contribution in [1.29, 1.82) is 0 Å². The first-order chi connectivity index (χ1) is 8.74. The van der Waals surface area contributed by atoms with Gasteiger partial charge in [-0.05, 0) is 43.5 Å². The highest BCUT2D eigenvalue weighted by Gasteiger charge is 2.38. The minimum Gasteiger partial charge on any atom is -0.350 e. The molecule has 1 amide bonds. The number of nitrogens with zero attached hydrogens (tertiary/aromatic N) is 1. The number of hydrogen-bond donors (Lipinski definition) is 1. The molecule has 1 saturated carbocycles. The maximum absolute atomic E-state index is 12.4. The largest absolute Gasteiger partial charge is 0.350 e. The van der Waals surface area contributed by atoms with Crippen LogP contribution in [0.5, 0.6) is 0 Å². The maximum atomic E-state index is 12.4. The lowest BCUT2D eigenvalue weighted by atomic mass is 10.1. The van der Waals surface area contributed by atoms with Crippen molar-refractivity contribution in [3.8, 4) is 0 Å². The molecule has 2 rings (SSSR count). The summed E-state index contributed by atoms with van der Waals surface area (Å²) in [5.41, 5.74) is 0. The molecule has 2 aliphatic rings. The van der Waals surface area contributed by atoms with E-state index in [9.17, 15) is 4.79 Å². The lowest BCUT2D eigenvalue weighted by Crippen LogP contribution is -2.40. The smallest absolute Gasteiger partial charge is 0.251 e. The molecule has 1 aliphatic carbocycles. The molecule has 1 N–H and O–H groups in total. The van der Waals surface area contributed by atoms with Gasteiger partial charge in [-0.25, -0.2) is 0 Å². The van der Waals surface area contributed by atoms with E-state index >= 15 is 0 Å². The molecule has 0 spiro atoms. The van der Waals surface area contributed by atoms with E-state index in [-0.39, 0.29) is 11.9 Å². The summed E-state index contributed by atoms with van der Waals surface area (Å²) in [7, 11) is 0. The third-order valence-electron chi connectivity index (χ3n) is 3.85. The van der Waals surface area contributed by atoms with Gasteiger partial charge in [0.2, 0.25) is 0 Å². The van der Waals surface area contributed by atoms with E-state index in [1.54, 1.807) is 11.8 Å². The molecule has 3 nitrogen and oxygen atoms in total. The summed E-state index contributed by atoms with van der Waals surface area (Å²) in [6, 6.07) is 0.271. The lowest BCUT2D eigenvalue weighted by Gasteiger charge is -2.25. The lowest BCUT2D eigenvalue weighted by molar-refractivity contribution is -0.128. The molecule has 102 valence electrons. The zero-order valence-corrected chi connectivity index (χ0v) is 12.6. The summed E-state index contributed by atoms with van der Waals surface area (Å²) >= 11 is 7.14. The molecule has 0 radical (unpaired) electrons. The van der Waals surface area contributed by atoms with Crippen LogP contribution in [0.25, 0.3) is 0 Å². The van der Waals surface area contributed by atoms with Crippen molar-refractivity contribution in [2.75, 3.05) is 12.0 Å². The van der Waals surface area contributed by atoms with E-state index in [0.717, 1.165) is 25.0 Å². The van der Waals surface area contributed by atoms with Crippen LogP contribution in [0, 0.1) is 0 Å². The predicted molar refractivity (Wildman–Crippen MR) is 80.9 cm³/mol. The molecule has 2 fully saturated rings. The van der Waals surface area contributed by atoms with Crippen LogP contribution in [0.4, 0.5) is 0 Å². The van der Waals surface area contributed by atoms with Gasteiger partial charge in [0.25, 0.3) is 5.91 Å². The van der Waals surface area contributed by atoms with Gasteiger partial charge >= 0.3 is 0 Å². The van der Waals surface area contributed by atoms with Crippen LogP contribution in [-0.2, 0) is 4.79 Å². The number of carbonyl (C=O) groups excluding carboxylic acids is 1. The Morgan fingerprint density at radius 3 is 2.61 bits per heavy atom. The molecule has 0 bridgehead atoms. The average Bonchev–Trinajstić information content (AvgIpc) is 2.58. The third kappa shape index (κ3) is 3.18. The molecule has 0 unspecified atom stereocenters. The summed E-state index contributed by atoms with van der Waals surface area (Å²) in [4.78, 5) is 14.3. The zero-order valence-electron chi connectivity index (χ0n) is 11.0. The van der Waals surface area contributed by atoms with E-state index < -0.39 is 0 Å². The van der Waals surface area contributed by atoms with E-state index in [0.29, 0.717) is 11.2 Å². The number of rotatable bonds is 4. The normalized spacial score (nSPS) is 26.3. The molecule has 5 heteroatoms. The SMILES string of the molecule is CSCC[C@@H]1NC(=S)N(C2CCCCCC2)C1=O. The standard InChI is InChI=1S/C13H22N2OS2/c1-18-9-8-11-12(16)15(13(17)14-11)10-6-4-2-3-5-7-10/h10-11H,2-9H2,1H3,(H,14,17)/t11-/m0/s1. The van der Waals surface area contributed by atoms with E-state index in [2.05, 4.69) is 11.6 Å². The van der Waals surface area contributed by atoms with E-state index in [4.69, 9.17) is 12.2 Å². The summed E-state index contributed by atoms with van der Waals surface area (Å²) in [6.45, 7) is 0. The van der Waals surface area contributed by atoms with Crippen molar-refractivity contribution in [2.24, 2.45) is 0 Å². The van der Waals surface area contributed by atoms with Crippen LogP contribution in [-0.4, -0.2) is 40.0 Å². The summed E-state index contributed by atoms with van der Waals surface area (Å²) in [5, 5.41) is 3.87. The van der Waals surface area contributed by atoms with Crippen molar-refractivity contribution < 1.29 is 4.79 Å². The Kier molecular flexibility index (Phi) is 5.30. The Morgan fingerprint density at radius 1 is 1.33 bits per heavy atom. The number of hydrogen-bond acceptors (Lipinski definition) is 3. The first-order valence-corrected chi connectivity index (χ1v) is 8.66. The monoisotopic (exact) mass is 286 g/mol. The highest BCUT2D eigenvalue weighted by Crippen LogP contribution is 2.25. The summed E-state index contributed by atoms with van der Waals surface area (Å²) in [5.74, 6) is 1.21. The van der Waals surface area contributed by atoms with Crippen LogP contribution in [0.3, 0.4) is 0 Å². The second kappa shape index (κ2) is 6.75. The van der Waals surface area contributed by atoms with E-state index in [1.807, 2.05) is 4.90 Å². The highest BCUT2D eigenvalue weighted by molar-refractivity contribution is 7.98. The first kappa shape index (κ1) is 14.1. The fraction of sp³-hybridized carbons (Fsp3) is 0.846. The van der Waals surface area contributed by atoms with Gasteiger partial charge in [0, 0.05) is 6.04 Å². The van der Waals surface area contributed by atoms with Crippen LogP contribution in [0.1, 0.15) is 44.9 Å². The molecule has 18 heavy (non-hydrogen) atoms. The topological polar surface area (TPSA) is 32.3 Å². The Morgan fingerprint density at radius 2 is 2.00 bits per heavy atom. The fourth-order valence-electron chi connectivity index (χ4n) is 2.84. The molecular weight excluding hydrogens is 264 g/mol. The number of carbonyl (C=O) groups is 1. The Balaban J connectivity index is 1.99. The zero-order chi connectivity index (χ0) is 13.0. The first-order valence-electron chi connectivity index (χ1n) is 6.86. The Labute approximate surface area is 119 Å². The molecule has 1 aliphatic heterocycles. The summed E-state index contributed by atoms with van der Waals surface area (Å²) < 4.78 is 0. The van der Waals surface area contributed by atoms with Crippen molar-refractivity contribution >= 4 is 35.0 Å². The van der Waals surface area contributed by atoms with Crippen LogP contribution in [0.15, 0.2) is 0 Å². The molecule has 0 aromatic carbocycles. The minimum atomic E-state index is -0.0757. The Bertz CT molecular complexity index is 314. The molecular formula is C13H22N2OS2. The molecule has 1 atom stereocenters. The summed E-state index contributed by atoms with van der Waals surface area (Å²) in [6.07, 6.45) is 10.2. The second-order valence-electron chi connectivity index (χ2n) is 5.14. The van der Waals surface area contributed by atoms with Gasteiger partial charge in [-0.3, -0.25) is 9.69 Å². The van der Waals surface area contributed by atoms with Crippen molar-refractivity contribution in [3.05, 3.63) is 0 Å². The number of amides is 1. The number of thioether (sulfide) groups is 1. The second-order valence-corrected chi connectivity index (χ2v) is 6.51. The molecule has 1 heterocycles. The van der Waals surface area contributed by atoms with Crippen LogP contribution >= 0.6 is 24.0 Å². The van der Waals surface area contributed by atoms with Gasteiger partial charge in [-0.15, -0.1) is 0 Å². The van der Waals surface area contributed by atoms with Crippen molar-refractivity contribution in [3.63, 3.8) is 0 Å². The van der Waals surface area contributed by atoms with Crippen LogP contribution in [0.2, 0.25) is 0 Å². The highest BCUT2D eigenvalue weighted by atomic mass is 32.2. The predicted octanol–water partition coefficient (Wildman–Crippen LogP) is 2.55. The third-order valence-corrected chi connectivity index (χ3v) is 4.81. The minimum absolute atomic E-state index is 0.0757. The fourth-order valence-corrected chi connectivity index (χ4v) is 3.69. The number of nitrogens with one attached hydrogen (secondary N) is 1. The quantitative estimate of drug-likeness (QED) is 0.636. The number of thiocarbonyl (C=S) groups is 1. The Hall–Kier alpha value is -0.290.